The minimum atomic E-state index is -1.18. The van der Waals surface area contributed by atoms with Gasteiger partial charge in [-0.25, -0.2) is 4.39 Å². The second kappa shape index (κ2) is 7.17. The third kappa shape index (κ3) is 4.15. The average Bonchev–Trinajstić information content (AvgIpc) is 2.43. The summed E-state index contributed by atoms with van der Waals surface area (Å²) in [5, 5.41) is 8.69. The first-order chi connectivity index (χ1) is 9.69. The SMILES string of the molecule is O=S(CCO)Cc1ccc(Oc2ccccc2)c(F)c1. The fraction of sp³-hybridized carbons (Fsp3) is 0.200. The Morgan fingerprint density at radius 1 is 1.15 bits per heavy atom. The summed E-state index contributed by atoms with van der Waals surface area (Å²) in [5.74, 6) is 0.621. The van der Waals surface area contributed by atoms with Crippen molar-refractivity contribution in [1.29, 1.82) is 0 Å². The molecule has 5 heteroatoms. The first-order valence-corrected chi connectivity index (χ1v) is 7.65. The molecular weight excluding hydrogens is 279 g/mol. The number of halogens is 1. The molecule has 0 saturated carbocycles. The van der Waals surface area contributed by atoms with Crippen LogP contribution in [0.25, 0.3) is 0 Å². The van der Waals surface area contributed by atoms with Gasteiger partial charge in [0.25, 0.3) is 0 Å². The van der Waals surface area contributed by atoms with Crippen molar-refractivity contribution in [2.24, 2.45) is 0 Å². The Morgan fingerprint density at radius 3 is 2.55 bits per heavy atom. The first-order valence-electron chi connectivity index (χ1n) is 6.16. The lowest BCUT2D eigenvalue weighted by atomic mass is 10.2. The van der Waals surface area contributed by atoms with Crippen molar-refractivity contribution in [2.45, 2.75) is 5.75 Å². The number of rotatable bonds is 6. The van der Waals surface area contributed by atoms with Crippen LogP contribution in [0.4, 0.5) is 4.39 Å². The van der Waals surface area contributed by atoms with E-state index in [2.05, 4.69) is 0 Å². The highest BCUT2D eigenvalue weighted by molar-refractivity contribution is 7.84. The molecule has 0 amide bonds. The molecule has 0 heterocycles. The Bertz CT molecular complexity index is 587. The topological polar surface area (TPSA) is 46.5 Å². The van der Waals surface area contributed by atoms with Gasteiger partial charge in [0.15, 0.2) is 11.6 Å². The molecule has 0 aliphatic heterocycles. The molecule has 0 aliphatic carbocycles. The lowest BCUT2D eigenvalue weighted by molar-refractivity contribution is 0.321. The molecule has 0 radical (unpaired) electrons. The van der Waals surface area contributed by atoms with Crippen LogP contribution >= 0.6 is 0 Å². The van der Waals surface area contributed by atoms with Gasteiger partial charge in [-0.05, 0) is 29.8 Å². The zero-order valence-electron chi connectivity index (χ0n) is 10.8. The fourth-order valence-corrected chi connectivity index (χ4v) is 2.59. The van der Waals surface area contributed by atoms with E-state index in [0.717, 1.165) is 0 Å². The predicted molar refractivity (Wildman–Crippen MR) is 76.7 cm³/mol. The number of ether oxygens (including phenoxy) is 1. The molecule has 1 N–H and O–H groups in total. The number of hydrogen-bond acceptors (Lipinski definition) is 3. The van der Waals surface area contributed by atoms with Crippen LogP contribution in [0.5, 0.6) is 11.5 Å². The third-order valence-corrected chi connectivity index (χ3v) is 3.91. The van der Waals surface area contributed by atoms with Crippen LogP contribution in [0.1, 0.15) is 5.56 Å². The quantitative estimate of drug-likeness (QED) is 0.891. The minimum absolute atomic E-state index is 0.132. The van der Waals surface area contributed by atoms with E-state index >= 15 is 0 Å². The molecule has 0 aromatic heterocycles. The molecular formula is C15H15FO3S. The molecule has 1 atom stereocenters. The Morgan fingerprint density at radius 2 is 1.90 bits per heavy atom. The summed E-state index contributed by atoms with van der Waals surface area (Å²) in [4.78, 5) is 0. The van der Waals surface area contributed by atoms with E-state index in [-0.39, 0.29) is 23.9 Å². The molecule has 3 nitrogen and oxygen atoms in total. The summed E-state index contributed by atoms with van der Waals surface area (Å²) in [6.45, 7) is -0.135. The van der Waals surface area contributed by atoms with Crippen LogP contribution in [0.2, 0.25) is 0 Å². The second-order valence-electron chi connectivity index (χ2n) is 4.19. The molecule has 2 rings (SSSR count). The Labute approximate surface area is 119 Å². The third-order valence-electron chi connectivity index (χ3n) is 2.61. The highest BCUT2D eigenvalue weighted by Crippen LogP contribution is 2.25. The summed E-state index contributed by atoms with van der Waals surface area (Å²) >= 11 is 0. The van der Waals surface area contributed by atoms with Gasteiger partial charge in [0.1, 0.15) is 5.75 Å². The highest BCUT2D eigenvalue weighted by atomic mass is 32.2. The summed E-state index contributed by atoms with van der Waals surface area (Å²) in [5.41, 5.74) is 0.620. The lowest BCUT2D eigenvalue weighted by Crippen LogP contribution is -2.04. The zero-order chi connectivity index (χ0) is 14.4. The van der Waals surface area contributed by atoms with Crippen LogP contribution < -0.4 is 4.74 Å². The van der Waals surface area contributed by atoms with Crippen molar-refractivity contribution in [2.75, 3.05) is 12.4 Å². The fourth-order valence-electron chi connectivity index (χ4n) is 1.69. The van der Waals surface area contributed by atoms with Crippen molar-refractivity contribution in [3.8, 4) is 11.5 Å². The van der Waals surface area contributed by atoms with Gasteiger partial charge in [0.05, 0.1) is 6.61 Å². The van der Waals surface area contributed by atoms with E-state index in [1.165, 1.54) is 12.1 Å². The second-order valence-corrected chi connectivity index (χ2v) is 5.77. The Hall–Kier alpha value is -1.72. The van der Waals surface area contributed by atoms with Crippen LogP contribution in [-0.2, 0) is 16.6 Å². The molecule has 106 valence electrons. The van der Waals surface area contributed by atoms with E-state index in [4.69, 9.17) is 9.84 Å². The number of para-hydroxylation sites is 1. The Balaban J connectivity index is 2.08. The molecule has 0 spiro atoms. The molecule has 0 aliphatic rings. The smallest absolute Gasteiger partial charge is 0.166 e. The number of benzene rings is 2. The van der Waals surface area contributed by atoms with Crippen molar-refractivity contribution < 1.29 is 18.4 Å². The number of hydrogen-bond donors (Lipinski definition) is 1. The van der Waals surface area contributed by atoms with Gasteiger partial charge in [-0.2, -0.15) is 0 Å². The van der Waals surface area contributed by atoms with Gasteiger partial charge in [0.2, 0.25) is 0 Å². The zero-order valence-corrected chi connectivity index (χ0v) is 11.6. The number of aliphatic hydroxyl groups is 1. The normalized spacial score (nSPS) is 12.1. The largest absolute Gasteiger partial charge is 0.454 e. The van der Waals surface area contributed by atoms with Gasteiger partial charge >= 0.3 is 0 Å². The van der Waals surface area contributed by atoms with Crippen molar-refractivity contribution in [3.05, 3.63) is 59.9 Å². The first kappa shape index (κ1) is 14.7. The molecule has 0 saturated heterocycles. The standard InChI is InChI=1S/C15H15FO3S/c16-14-10-12(11-20(18)9-8-17)6-7-15(14)19-13-4-2-1-3-5-13/h1-7,10,17H,8-9,11H2. The van der Waals surface area contributed by atoms with E-state index in [1.807, 2.05) is 6.07 Å². The van der Waals surface area contributed by atoms with Crippen LogP contribution in [0, 0.1) is 5.82 Å². The van der Waals surface area contributed by atoms with Gasteiger partial charge in [-0.15, -0.1) is 0 Å². The van der Waals surface area contributed by atoms with Crippen LogP contribution in [0.15, 0.2) is 48.5 Å². The molecule has 20 heavy (non-hydrogen) atoms. The minimum Gasteiger partial charge on any atom is -0.454 e. The Kier molecular flexibility index (Phi) is 5.26. The monoisotopic (exact) mass is 294 g/mol. The van der Waals surface area contributed by atoms with Gasteiger partial charge in [0, 0.05) is 22.3 Å². The van der Waals surface area contributed by atoms with E-state index in [0.29, 0.717) is 11.3 Å². The van der Waals surface area contributed by atoms with E-state index in [9.17, 15) is 8.60 Å². The average molecular weight is 294 g/mol. The molecule has 1 unspecified atom stereocenters. The van der Waals surface area contributed by atoms with Gasteiger partial charge in [-0.1, -0.05) is 24.3 Å². The van der Waals surface area contributed by atoms with E-state index in [1.54, 1.807) is 30.3 Å². The maximum atomic E-state index is 13.9. The van der Waals surface area contributed by atoms with Gasteiger partial charge < -0.3 is 9.84 Å². The predicted octanol–water partition coefficient (Wildman–Crippen LogP) is 2.86. The summed E-state index contributed by atoms with van der Waals surface area (Å²) < 4.78 is 30.8. The highest BCUT2D eigenvalue weighted by Gasteiger charge is 2.08. The maximum Gasteiger partial charge on any atom is 0.166 e. The lowest BCUT2D eigenvalue weighted by Gasteiger charge is -2.08. The molecule has 2 aromatic carbocycles. The van der Waals surface area contributed by atoms with Crippen molar-refractivity contribution >= 4 is 10.8 Å². The van der Waals surface area contributed by atoms with Crippen molar-refractivity contribution in [1.82, 2.24) is 0 Å². The summed E-state index contributed by atoms with van der Waals surface area (Å²) in [6, 6.07) is 13.5. The molecule has 0 fully saturated rings. The van der Waals surface area contributed by atoms with Crippen LogP contribution in [0.3, 0.4) is 0 Å². The van der Waals surface area contributed by atoms with Crippen molar-refractivity contribution in [3.63, 3.8) is 0 Å². The van der Waals surface area contributed by atoms with E-state index < -0.39 is 16.6 Å². The maximum absolute atomic E-state index is 13.9. The van der Waals surface area contributed by atoms with Gasteiger partial charge in [-0.3, -0.25) is 4.21 Å². The molecule has 2 aromatic rings. The summed E-state index contributed by atoms with van der Waals surface area (Å²) in [6.07, 6.45) is 0. The van der Waals surface area contributed by atoms with Crippen LogP contribution in [-0.4, -0.2) is 21.7 Å². The molecule has 0 bridgehead atoms. The number of aliphatic hydroxyl groups excluding tert-OH is 1. The summed E-state index contributed by atoms with van der Waals surface area (Å²) in [7, 11) is -1.18.